The van der Waals surface area contributed by atoms with Gasteiger partial charge in [-0.2, -0.15) is 0 Å². The Morgan fingerprint density at radius 1 is 1.36 bits per heavy atom. The first-order valence-corrected chi connectivity index (χ1v) is 6.89. The van der Waals surface area contributed by atoms with Gasteiger partial charge in [0.2, 0.25) is 5.78 Å². The lowest BCUT2D eigenvalue weighted by Gasteiger charge is -2.24. The second-order valence-corrected chi connectivity index (χ2v) is 5.07. The van der Waals surface area contributed by atoms with Crippen LogP contribution in [-0.2, 0) is 19.1 Å². The Balaban J connectivity index is 2.33. The number of carbonyl (C=O) groups excluding carboxylic acids is 2. The monoisotopic (exact) mass is 302 g/mol. The van der Waals surface area contributed by atoms with E-state index in [0.717, 1.165) is 0 Å². The fourth-order valence-electron chi connectivity index (χ4n) is 2.16. The van der Waals surface area contributed by atoms with Crippen LogP contribution in [0.4, 0.5) is 0 Å². The lowest BCUT2D eigenvalue weighted by atomic mass is 9.94. The molecule has 1 aliphatic rings. The van der Waals surface area contributed by atoms with Gasteiger partial charge in [0.05, 0.1) is 13.7 Å². The number of carbonyl (C=O) groups is 2. The topological polar surface area (TPSA) is 72.8 Å². The number of aliphatic hydroxyl groups is 1. The van der Waals surface area contributed by atoms with E-state index in [-0.39, 0.29) is 13.0 Å². The third-order valence-electron chi connectivity index (χ3n) is 3.51. The van der Waals surface area contributed by atoms with Gasteiger partial charge in [-0.3, -0.25) is 4.79 Å². The summed E-state index contributed by atoms with van der Waals surface area (Å²) in [5.74, 6) is -0.868. The lowest BCUT2D eigenvalue weighted by Crippen LogP contribution is -2.45. The Morgan fingerprint density at radius 3 is 2.64 bits per heavy atom. The first-order valence-electron chi connectivity index (χ1n) is 6.89. The molecule has 0 spiro atoms. The van der Waals surface area contributed by atoms with E-state index in [9.17, 15) is 9.59 Å². The molecule has 0 fully saturated rings. The zero-order valence-corrected chi connectivity index (χ0v) is 12.5. The van der Waals surface area contributed by atoms with Crippen LogP contribution in [0.5, 0.6) is 0 Å². The second-order valence-electron chi connectivity index (χ2n) is 5.07. The summed E-state index contributed by atoms with van der Waals surface area (Å²) < 4.78 is 10.5. The maximum Gasteiger partial charge on any atom is 0.358 e. The molecule has 1 aromatic carbocycles. The van der Waals surface area contributed by atoms with Crippen LogP contribution < -0.4 is 0 Å². The first kappa shape index (κ1) is 16.0. The van der Waals surface area contributed by atoms with E-state index in [2.05, 4.69) is 0 Å². The van der Waals surface area contributed by atoms with Crippen LogP contribution in [0.15, 0.2) is 48.1 Å². The summed E-state index contributed by atoms with van der Waals surface area (Å²) in [6.45, 7) is 1.56. The smallest absolute Gasteiger partial charge is 0.358 e. The molecule has 1 aromatic rings. The minimum Gasteiger partial charge on any atom is -0.466 e. The van der Waals surface area contributed by atoms with Crippen molar-refractivity contribution in [2.75, 3.05) is 13.7 Å². The maximum absolute atomic E-state index is 12.4. The molecular formula is C17H18O5. The van der Waals surface area contributed by atoms with Crippen LogP contribution in [0.1, 0.15) is 18.9 Å². The standard InChI is InChI=1S/C17H18O5/c1-12(11-18)8-9-17(16(20)21-2)15(19)10-14(22-17)13-6-4-3-5-7-13/h3-8,10,18H,9,11H2,1-2H3/b12-8-. The van der Waals surface area contributed by atoms with Gasteiger partial charge in [-0.05, 0) is 6.92 Å². The van der Waals surface area contributed by atoms with Crippen LogP contribution in [-0.4, -0.2) is 36.2 Å². The first-order chi connectivity index (χ1) is 10.5. The number of ether oxygens (including phenoxy) is 2. The summed E-state index contributed by atoms with van der Waals surface area (Å²) in [5, 5.41) is 9.06. The van der Waals surface area contributed by atoms with Crippen LogP contribution in [0.3, 0.4) is 0 Å². The number of hydrogen-bond donors (Lipinski definition) is 1. The Labute approximate surface area is 128 Å². The number of benzene rings is 1. The zero-order valence-electron chi connectivity index (χ0n) is 12.5. The number of ketones is 1. The van der Waals surface area contributed by atoms with Gasteiger partial charge in [0, 0.05) is 18.1 Å². The molecule has 1 N–H and O–H groups in total. The van der Waals surface area contributed by atoms with E-state index in [1.807, 2.05) is 18.2 Å². The molecule has 0 saturated carbocycles. The number of methoxy groups -OCH3 is 1. The molecule has 0 radical (unpaired) electrons. The minimum absolute atomic E-state index is 0.0116. The van der Waals surface area contributed by atoms with Gasteiger partial charge < -0.3 is 14.6 Å². The molecule has 0 aromatic heterocycles. The Morgan fingerprint density at radius 2 is 2.05 bits per heavy atom. The van der Waals surface area contributed by atoms with Gasteiger partial charge in [-0.15, -0.1) is 0 Å². The number of esters is 1. The number of hydrogen-bond acceptors (Lipinski definition) is 5. The fraction of sp³-hybridized carbons (Fsp3) is 0.294. The highest BCUT2D eigenvalue weighted by Gasteiger charge is 2.52. The van der Waals surface area contributed by atoms with Crippen molar-refractivity contribution in [1.82, 2.24) is 0 Å². The maximum atomic E-state index is 12.4. The van der Waals surface area contributed by atoms with E-state index < -0.39 is 17.4 Å². The normalized spacial score (nSPS) is 21.3. The van der Waals surface area contributed by atoms with Gasteiger partial charge in [0.1, 0.15) is 5.76 Å². The zero-order chi connectivity index (χ0) is 16.2. The van der Waals surface area contributed by atoms with E-state index in [0.29, 0.717) is 16.9 Å². The predicted molar refractivity (Wildman–Crippen MR) is 80.7 cm³/mol. The molecule has 5 nitrogen and oxygen atoms in total. The summed E-state index contributed by atoms with van der Waals surface area (Å²) in [6.07, 6.45) is 2.93. The van der Waals surface area contributed by atoms with Gasteiger partial charge in [0.15, 0.2) is 0 Å². The lowest BCUT2D eigenvalue weighted by molar-refractivity contribution is -0.163. The molecule has 1 unspecified atom stereocenters. The van der Waals surface area contributed by atoms with Crippen LogP contribution in [0.25, 0.3) is 5.76 Å². The molecule has 1 aliphatic heterocycles. The van der Waals surface area contributed by atoms with Crippen molar-refractivity contribution in [1.29, 1.82) is 0 Å². The molecule has 22 heavy (non-hydrogen) atoms. The van der Waals surface area contributed by atoms with E-state index in [1.54, 1.807) is 25.1 Å². The molecule has 1 heterocycles. The molecule has 5 heteroatoms. The highest BCUT2D eigenvalue weighted by Crippen LogP contribution is 2.35. The molecule has 0 aliphatic carbocycles. The summed E-state index contributed by atoms with van der Waals surface area (Å²) in [7, 11) is 1.21. The van der Waals surface area contributed by atoms with E-state index >= 15 is 0 Å². The Kier molecular flexibility index (Phi) is 4.78. The molecule has 0 saturated heterocycles. The summed E-state index contributed by atoms with van der Waals surface area (Å²) >= 11 is 0. The molecule has 1 atom stereocenters. The highest BCUT2D eigenvalue weighted by molar-refractivity contribution is 6.17. The number of rotatable bonds is 5. The number of aliphatic hydroxyl groups excluding tert-OH is 1. The minimum atomic E-state index is -1.71. The molecule has 116 valence electrons. The molecule has 2 rings (SSSR count). The van der Waals surface area contributed by atoms with Gasteiger partial charge in [0.25, 0.3) is 5.60 Å². The van der Waals surface area contributed by atoms with Gasteiger partial charge in [-0.1, -0.05) is 42.0 Å². The van der Waals surface area contributed by atoms with Crippen molar-refractivity contribution in [3.63, 3.8) is 0 Å². The van der Waals surface area contributed by atoms with Crippen molar-refractivity contribution in [3.8, 4) is 0 Å². The van der Waals surface area contributed by atoms with Gasteiger partial charge in [-0.25, -0.2) is 4.79 Å². The van der Waals surface area contributed by atoms with Crippen molar-refractivity contribution in [2.45, 2.75) is 18.9 Å². The second kappa shape index (κ2) is 6.58. The third-order valence-corrected chi connectivity index (χ3v) is 3.51. The SMILES string of the molecule is COC(=O)C1(C/C=C(/C)CO)OC(c2ccccc2)=CC1=O. The summed E-state index contributed by atoms with van der Waals surface area (Å²) in [6, 6.07) is 9.07. The van der Waals surface area contributed by atoms with E-state index in [4.69, 9.17) is 14.6 Å². The quantitative estimate of drug-likeness (QED) is 0.510. The average molecular weight is 302 g/mol. The van der Waals surface area contributed by atoms with Crippen LogP contribution >= 0.6 is 0 Å². The third kappa shape index (κ3) is 2.94. The van der Waals surface area contributed by atoms with Crippen LogP contribution in [0.2, 0.25) is 0 Å². The Hall–Kier alpha value is -2.40. The molecular weight excluding hydrogens is 284 g/mol. The van der Waals surface area contributed by atoms with Crippen molar-refractivity contribution in [2.24, 2.45) is 0 Å². The Bertz CT molecular complexity index is 630. The largest absolute Gasteiger partial charge is 0.466 e. The van der Waals surface area contributed by atoms with E-state index in [1.165, 1.54) is 13.2 Å². The molecule has 0 amide bonds. The highest BCUT2D eigenvalue weighted by atomic mass is 16.6. The summed E-state index contributed by atoms with van der Waals surface area (Å²) in [5.41, 5.74) is -0.353. The predicted octanol–water partition coefficient (Wildman–Crippen LogP) is 1.87. The average Bonchev–Trinajstić information content (AvgIpc) is 2.90. The van der Waals surface area contributed by atoms with Crippen molar-refractivity contribution >= 4 is 17.5 Å². The van der Waals surface area contributed by atoms with Crippen LogP contribution in [0, 0.1) is 0 Å². The molecule has 0 bridgehead atoms. The van der Waals surface area contributed by atoms with Crippen molar-refractivity contribution < 1.29 is 24.2 Å². The van der Waals surface area contributed by atoms with Crippen molar-refractivity contribution in [3.05, 3.63) is 53.6 Å². The summed E-state index contributed by atoms with van der Waals surface area (Å²) in [4.78, 5) is 24.5. The van der Waals surface area contributed by atoms with Gasteiger partial charge >= 0.3 is 5.97 Å². The fourth-order valence-corrected chi connectivity index (χ4v) is 2.16.